The number of phenolic OH excluding ortho intramolecular Hbond substituents is 1. The molecule has 24 heavy (non-hydrogen) atoms. The highest BCUT2D eigenvalue weighted by atomic mass is 16.3. The molecule has 0 radical (unpaired) electrons. The van der Waals surface area contributed by atoms with E-state index in [2.05, 4.69) is 5.32 Å². The van der Waals surface area contributed by atoms with Gasteiger partial charge >= 0.3 is 0 Å². The average molecular weight is 328 g/mol. The number of hydrogen-bond acceptors (Lipinski definition) is 3. The molecule has 2 aromatic rings. The van der Waals surface area contributed by atoms with Gasteiger partial charge in [0.05, 0.1) is 6.54 Å². The number of hydrogen-bond donors (Lipinski definition) is 2. The Morgan fingerprint density at radius 1 is 1.25 bits per heavy atom. The molecule has 2 rings (SSSR count). The second-order valence-corrected chi connectivity index (χ2v) is 6.23. The highest BCUT2D eigenvalue weighted by Crippen LogP contribution is 2.14. The Hall–Kier alpha value is -2.56. The second-order valence-electron chi connectivity index (χ2n) is 6.23. The molecule has 0 saturated heterocycles. The minimum atomic E-state index is -0.347. The molecule has 1 aromatic heterocycles. The zero-order chi connectivity index (χ0) is 17.9. The van der Waals surface area contributed by atoms with Crippen LogP contribution in [0.5, 0.6) is 5.75 Å². The minimum absolute atomic E-state index is 0.0337. The van der Waals surface area contributed by atoms with Crippen LogP contribution in [0.25, 0.3) is 0 Å². The molecule has 128 valence electrons. The van der Waals surface area contributed by atoms with Crippen LogP contribution in [-0.2, 0) is 13.0 Å². The number of aromatic hydroxyl groups is 1. The Labute approximate surface area is 142 Å². The van der Waals surface area contributed by atoms with Crippen molar-refractivity contribution in [3.05, 3.63) is 63.1 Å². The molecule has 2 N–H and O–H groups in total. The molecular weight excluding hydrogens is 304 g/mol. The molecule has 0 fully saturated rings. The van der Waals surface area contributed by atoms with E-state index < -0.39 is 0 Å². The first-order valence-electron chi connectivity index (χ1n) is 8.15. The Morgan fingerprint density at radius 2 is 1.88 bits per heavy atom. The molecular formula is C19H24N2O3. The highest BCUT2D eigenvalue weighted by molar-refractivity contribution is 5.94. The van der Waals surface area contributed by atoms with Crippen molar-refractivity contribution in [2.24, 2.45) is 0 Å². The number of aryl methyl sites for hydroxylation is 1. The van der Waals surface area contributed by atoms with Gasteiger partial charge in [-0.25, -0.2) is 0 Å². The molecule has 1 amide bonds. The molecule has 0 spiro atoms. The Kier molecular flexibility index (Phi) is 5.44. The van der Waals surface area contributed by atoms with Crippen LogP contribution in [0.1, 0.15) is 48.0 Å². The molecule has 0 saturated carbocycles. The largest absolute Gasteiger partial charge is 0.508 e. The van der Waals surface area contributed by atoms with Crippen molar-refractivity contribution in [1.82, 2.24) is 9.88 Å². The van der Waals surface area contributed by atoms with E-state index in [1.54, 1.807) is 34.9 Å². The fraction of sp³-hybridized carbons (Fsp3) is 0.368. The third-order valence-electron chi connectivity index (χ3n) is 3.89. The highest BCUT2D eigenvalue weighted by Gasteiger charge is 2.17. The van der Waals surface area contributed by atoms with Gasteiger partial charge < -0.3 is 15.0 Å². The summed E-state index contributed by atoms with van der Waals surface area (Å²) in [5.74, 6) is -0.164. The number of rotatable bonds is 5. The van der Waals surface area contributed by atoms with Crippen molar-refractivity contribution in [1.29, 1.82) is 0 Å². The topological polar surface area (TPSA) is 71.3 Å². The van der Waals surface area contributed by atoms with Gasteiger partial charge in [-0.05, 0) is 56.5 Å². The van der Waals surface area contributed by atoms with Gasteiger partial charge in [0, 0.05) is 11.7 Å². The van der Waals surface area contributed by atoms with E-state index in [0.717, 1.165) is 16.8 Å². The molecule has 0 aliphatic heterocycles. The van der Waals surface area contributed by atoms with Crippen molar-refractivity contribution in [2.45, 2.75) is 46.7 Å². The van der Waals surface area contributed by atoms with E-state index in [1.807, 2.05) is 27.7 Å². The van der Waals surface area contributed by atoms with Crippen LogP contribution in [0.15, 0.2) is 35.1 Å². The standard InChI is InChI=1S/C19H24N2O3/c1-5-17-13(4)10-16(18(23)20-12(2)3)19(24)21(17)11-14-6-8-15(22)9-7-14/h6-10,12,22H,5,11H2,1-4H3,(H,20,23). The van der Waals surface area contributed by atoms with E-state index in [9.17, 15) is 14.7 Å². The van der Waals surface area contributed by atoms with E-state index in [0.29, 0.717) is 13.0 Å². The first-order valence-corrected chi connectivity index (χ1v) is 8.15. The van der Waals surface area contributed by atoms with Gasteiger partial charge in [0.25, 0.3) is 11.5 Å². The van der Waals surface area contributed by atoms with Crippen LogP contribution in [0, 0.1) is 6.92 Å². The monoisotopic (exact) mass is 328 g/mol. The van der Waals surface area contributed by atoms with Crippen LogP contribution >= 0.6 is 0 Å². The third kappa shape index (κ3) is 3.85. The molecule has 5 nitrogen and oxygen atoms in total. The lowest BCUT2D eigenvalue weighted by molar-refractivity contribution is 0.0941. The maximum Gasteiger partial charge on any atom is 0.263 e. The molecule has 5 heteroatoms. The van der Waals surface area contributed by atoms with Gasteiger partial charge in [-0.15, -0.1) is 0 Å². The van der Waals surface area contributed by atoms with Gasteiger partial charge in [-0.2, -0.15) is 0 Å². The summed E-state index contributed by atoms with van der Waals surface area (Å²) in [7, 11) is 0. The molecule has 0 bridgehead atoms. The molecule has 1 heterocycles. The fourth-order valence-corrected chi connectivity index (χ4v) is 2.77. The summed E-state index contributed by atoms with van der Waals surface area (Å²) in [4.78, 5) is 25.2. The third-order valence-corrected chi connectivity index (χ3v) is 3.89. The van der Waals surface area contributed by atoms with Gasteiger partial charge in [0.2, 0.25) is 0 Å². The number of phenols is 1. The second kappa shape index (κ2) is 7.34. The number of carbonyl (C=O) groups excluding carboxylic acids is 1. The quantitative estimate of drug-likeness (QED) is 0.886. The molecule has 0 unspecified atom stereocenters. The summed E-state index contributed by atoms with van der Waals surface area (Å²) in [6, 6.07) is 8.37. The number of nitrogens with zero attached hydrogens (tertiary/aromatic N) is 1. The van der Waals surface area contributed by atoms with E-state index in [1.165, 1.54) is 0 Å². The minimum Gasteiger partial charge on any atom is -0.508 e. The molecule has 1 aromatic carbocycles. The Balaban J connectivity index is 2.51. The first kappa shape index (κ1) is 17.8. The van der Waals surface area contributed by atoms with Crippen LogP contribution in [-0.4, -0.2) is 21.6 Å². The van der Waals surface area contributed by atoms with Crippen molar-refractivity contribution < 1.29 is 9.90 Å². The van der Waals surface area contributed by atoms with Gasteiger partial charge in [-0.1, -0.05) is 19.1 Å². The normalized spacial score (nSPS) is 10.9. The van der Waals surface area contributed by atoms with E-state index in [-0.39, 0.29) is 28.8 Å². The van der Waals surface area contributed by atoms with Crippen LogP contribution in [0.4, 0.5) is 0 Å². The van der Waals surface area contributed by atoms with Crippen molar-refractivity contribution in [2.75, 3.05) is 0 Å². The summed E-state index contributed by atoms with van der Waals surface area (Å²) in [6.45, 7) is 7.99. The summed E-state index contributed by atoms with van der Waals surface area (Å²) in [5.41, 5.74) is 2.60. The summed E-state index contributed by atoms with van der Waals surface area (Å²) >= 11 is 0. The summed E-state index contributed by atoms with van der Waals surface area (Å²) in [6.07, 6.45) is 0.700. The van der Waals surface area contributed by atoms with Crippen molar-refractivity contribution in [3.63, 3.8) is 0 Å². The van der Waals surface area contributed by atoms with Crippen LogP contribution in [0.2, 0.25) is 0 Å². The van der Waals surface area contributed by atoms with E-state index in [4.69, 9.17) is 0 Å². The molecule has 0 aliphatic carbocycles. The lowest BCUT2D eigenvalue weighted by Crippen LogP contribution is -2.37. The fourth-order valence-electron chi connectivity index (χ4n) is 2.77. The number of pyridine rings is 1. The number of nitrogens with one attached hydrogen (secondary N) is 1. The number of aromatic nitrogens is 1. The first-order chi connectivity index (χ1) is 11.3. The lowest BCUT2D eigenvalue weighted by atomic mass is 10.1. The predicted molar refractivity (Wildman–Crippen MR) is 94.6 cm³/mol. The molecule has 0 atom stereocenters. The number of carbonyl (C=O) groups is 1. The summed E-state index contributed by atoms with van der Waals surface area (Å²) < 4.78 is 1.65. The smallest absolute Gasteiger partial charge is 0.263 e. The number of amides is 1. The van der Waals surface area contributed by atoms with Gasteiger partial charge in [0.1, 0.15) is 11.3 Å². The van der Waals surface area contributed by atoms with Gasteiger partial charge in [-0.3, -0.25) is 9.59 Å². The maximum atomic E-state index is 12.8. The van der Waals surface area contributed by atoms with Gasteiger partial charge in [0.15, 0.2) is 0 Å². The lowest BCUT2D eigenvalue weighted by Gasteiger charge is -2.17. The molecule has 0 aliphatic rings. The van der Waals surface area contributed by atoms with Crippen LogP contribution < -0.4 is 10.9 Å². The average Bonchev–Trinajstić information content (AvgIpc) is 2.52. The van der Waals surface area contributed by atoms with E-state index >= 15 is 0 Å². The maximum absolute atomic E-state index is 12.8. The number of benzene rings is 1. The zero-order valence-electron chi connectivity index (χ0n) is 14.6. The van der Waals surface area contributed by atoms with Crippen molar-refractivity contribution >= 4 is 5.91 Å². The Morgan fingerprint density at radius 3 is 2.42 bits per heavy atom. The predicted octanol–water partition coefficient (Wildman–Crippen LogP) is 2.61. The summed E-state index contributed by atoms with van der Waals surface area (Å²) in [5, 5.41) is 12.2. The zero-order valence-corrected chi connectivity index (χ0v) is 14.6. The van der Waals surface area contributed by atoms with Crippen molar-refractivity contribution in [3.8, 4) is 5.75 Å². The van der Waals surface area contributed by atoms with Crippen LogP contribution in [0.3, 0.4) is 0 Å². The Bertz CT molecular complexity index is 789. The SMILES string of the molecule is CCc1c(C)cc(C(=O)NC(C)C)c(=O)n1Cc1ccc(O)cc1.